The minimum Gasteiger partial charge on any atom is -0.336 e. The van der Waals surface area contributed by atoms with Gasteiger partial charge in [-0.25, -0.2) is 8.78 Å². The fraction of sp³-hybridized carbons (Fsp3) is 0.450. The molecular formula is C20H20Cl2F2N6O3. The summed E-state index contributed by atoms with van der Waals surface area (Å²) in [6.45, 7) is 1.82. The lowest BCUT2D eigenvalue weighted by Crippen LogP contribution is -2.62. The molecule has 1 aliphatic heterocycles. The summed E-state index contributed by atoms with van der Waals surface area (Å²) in [5.74, 6) is -5.83. The zero-order chi connectivity index (χ0) is 24.0. The number of anilines is 1. The molecule has 0 radical (unpaired) electrons. The third kappa shape index (κ3) is 4.51. The number of carbonyl (C=O) groups excluding carboxylic acids is 3. The average Bonchev–Trinajstić information content (AvgIpc) is 3.39. The summed E-state index contributed by atoms with van der Waals surface area (Å²) in [5, 5.41) is 15.5. The van der Waals surface area contributed by atoms with Crippen molar-refractivity contribution in [2.24, 2.45) is 5.92 Å². The minimum atomic E-state index is -2.98. The van der Waals surface area contributed by atoms with Gasteiger partial charge in [0.15, 0.2) is 0 Å². The number of H-pyrrole nitrogens is 1. The topological polar surface area (TPSA) is 120 Å². The number of hydrogen-bond donors (Lipinski definition) is 3. The van der Waals surface area contributed by atoms with Gasteiger partial charge in [0.2, 0.25) is 5.91 Å². The highest BCUT2D eigenvalue weighted by molar-refractivity contribution is 6.42. The Balaban J connectivity index is 1.41. The van der Waals surface area contributed by atoms with Gasteiger partial charge in [-0.2, -0.15) is 0 Å². The van der Waals surface area contributed by atoms with Crippen LogP contribution in [0.25, 0.3) is 0 Å². The van der Waals surface area contributed by atoms with Crippen LogP contribution in [0.1, 0.15) is 31.9 Å². The summed E-state index contributed by atoms with van der Waals surface area (Å²) in [6.07, 6.45) is 0.271. The Bertz CT molecular complexity index is 1090. The number of hydrogen-bond acceptors (Lipinski definition) is 5. The monoisotopic (exact) mass is 500 g/mol. The van der Waals surface area contributed by atoms with Gasteiger partial charge in [0.25, 0.3) is 5.92 Å². The van der Waals surface area contributed by atoms with Gasteiger partial charge in [0.1, 0.15) is 5.69 Å². The van der Waals surface area contributed by atoms with E-state index in [1.807, 2.05) is 0 Å². The number of likely N-dealkylation sites (tertiary alicyclic amines) is 1. The molecule has 33 heavy (non-hydrogen) atoms. The molecule has 1 saturated heterocycles. The second-order valence-electron chi connectivity index (χ2n) is 8.36. The first kappa shape index (κ1) is 23.4. The number of nitrogens with zero attached hydrogens (tertiary/aromatic N) is 3. The predicted octanol–water partition coefficient (Wildman–Crippen LogP) is 2.73. The van der Waals surface area contributed by atoms with Crippen molar-refractivity contribution in [3.05, 3.63) is 40.1 Å². The molecule has 1 aromatic heterocycles. The van der Waals surface area contributed by atoms with Crippen LogP contribution in [0.4, 0.5) is 14.5 Å². The lowest BCUT2D eigenvalue weighted by Gasteiger charge is -2.46. The van der Waals surface area contributed by atoms with Crippen LogP contribution >= 0.6 is 23.2 Å². The third-order valence-corrected chi connectivity index (χ3v) is 6.85. The van der Waals surface area contributed by atoms with Gasteiger partial charge in [0.05, 0.1) is 21.5 Å². The van der Waals surface area contributed by atoms with E-state index in [9.17, 15) is 23.2 Å². The number of carbonyl (C=O) groups is 3. The Morgan fingerprint density at radius 3 is 2.55 bits per heavy atom. The molecule has 0 unspecified atom stereocenters. The maximum Gasteiger partial charge on any atom is 0.312 e. The van der Waals surface area contributed by atoms with Gasteiger partial charge in [-0.05, 0) is 31.5 Å². The molecule has 2 heterocycles. The van der Waals surface area contributed by atoms with Gasteiger partial charge in [-0.15, -0.1) is 5.10 Å². The molecule has 2 aliphatic rings. The van der Waals surface area contributed by atoms with Crippen LogP contribution in [0, 0.1) is 5.92 Å². The van der Waals surface area contributed by atoms with E-state index < -0.39 is 48.1 Å². The summed E-state index contributed by atoms with van der Waals surface area (Å²) in [4.78, 5) is 39.5. The van der Waals surface area contributed by atoms with Crippen molar-refractivity contribution >= 4 is 46.6 Å². The molecule has 4 rings (SSSR count). The minimum absolute atomic E-state index is 0.128. The van der Waals surface area contributed by atoms with E-state index in [0.717, 1.165) is 0 Å². The van der Waals surface area contributed by atoms with Gasteiger partial charge >= 0.3 is 11.8 Å². The van der Waals surface area contributed by atoms with Crippen molar-refractivity contribution in [3.8, 4) is 0 Å². The summed E-state index contributed by atoms with van der Waals surface area (Å²) in [5.41, 5.74) is -0.899. The van der Waals surface area contributed by atoms with Crippen LogP contribution in [0.2, 0.25) is 10.0 Å². The molecule has 1 aliphatic carbocycles. The Kier molecular flexibility index (Phi) is 6.04. The summed E-state index contributed by atoms with van der Waals surface area (Å²) in [6, 6.07) is 4.07. The van der Waals surface area contributed by atoms with E-state index in [2.05, 4.69) is 26.0 Å². The lowest BCUT2D eigenvalue weighted by molar-refractivity contribution is -0.160. The molecule has 13 heteroatoms. The summed E-state index contributed by atoms with van der Waals surface area (Å²) >= 11 is 11.9. The van der Waals surface area contributed by atoms with Crippen molar-refractivity contribution < 1.29 is 23.2 Å². The van der Waals surface area contributed by atoms with E-state index in [1.165, 1.54) is 17.2 Å². The molecule has 0 spiro atoms. The van der Waals surface area contributed by atoms with Crippen LogP contribution in [-0.2, 0) is 19.9 Å². The molecule has 2 fully saturated rings. The first-order chi connectivity index (χ1) is 15.5. The molecule has 1 saturated carbocycles. The van der Waals surface area contributed by atoms with Crippen molar-refractivity contribution in [3.63, 3.8) is 0 Å². The molecule has 1 aromatic carbocycles. The number of nitrogens with one attached hydrogen (secondary N) is 3. The summed E-state index contributed by atoms with van der Waals surface area (Å²) < 4.78 is 27.3. The van der Waals surface area contributed by atoms with Crippen molar-refractivity contribution in [2.75, 3.05) is 11.9 Å². The summed E-state index contributed by atoms with van der Waals surface area (Å²) in [7, 11) is 0. The highest BCUT2D eigenvalue weighted by Gasteiger charge is 2.60. The van der Waals surface area contributed by atoms with Crippen molar-refractivity contribution in [1.29, 1.82) is 0 Å². The maximum atomic E-state index is 13.6. The second kappa shape index (κ2) is 8.53. The second-order valence-corrected chi connectivity index (χ2v) is 9.17. The number of aromatic nitrogens is 3. The number of benzene rings is 1. The van der Waals surface area contributed by atoms with Crippen LogP contribution in [0.15, 0.2) is 24.4 Å². The quantitative estimate of drug-likeness (QED) is 0.557. The molecule has 176 valence electrons. The largest absolute Gasteiger partial charge is 0.336 e. The lowest BCUT2D eigenvalue weighted by atomic mass is 9.71. The highest BCUT2D eigenvalue weighted by Crippen LogP contribution is 2.51. The number of rotatable bonds is 4. The van der Waals surface area contributed by atoms with Gasteiger partial charge in [0, 0.05) is 37.3 Å². The first-order valence-electron chi connectivity index (χ1n) is 10.2. The van der Waals surface area contributed by atoms with Gasteiger partial charge < -0.3 is 15.5 Å². The molecule has 2 atom stereocenters. The van der Waals surface area contributed by atoms with Crippen LogP contribution in [0.5, 0.6) is 0 Å². The predicted molar refractivity (Wildman–Crippen MR) is 115 cm³/mol. The Hall–Kier alpha value is -2.79. The van der Waals surface area contributed by atoms with Crippen LogP contribution in [-0.4, -0.2) is 56.5 Å². The highest BCUT2D eigenvalue weighted by atomic mass is 35.5. The Morgan fingerprint density at radius 2 is 1.94 bits per heavy atom. The fourth-order valence-corrected chi connectivity index (χ4v) is 4.69. The zero-order valence-corrected chi connectivity index (χ0v) is 18.9. The fourth-order valence-electron chi connectivity index (χ4n) is 4.39. The van der Waals surface area contributed by atoms with E-state index in [4.69, 9.17) is 23.2 Å². The average molecular weight is 501 g/mol. The van der Waals surface area contributed by atoms with Gasteiger partial charge in [-0.3, -0.25) is 19.5 Å². The SMILES string of the molecule is C[C@H]1[C@@H](C(=O)Nc2ccc(Cl)c(Cl)c2)CCN1C(=O)C(=O)NC1(c2c[nH]nn2)CC(F)(F)C1. The van der Waals surface area contributed by atoms with Crippen LogP contribution < -0.4 is 10.6 Å². The Labute approximate surface area is 197 Å². The van der Waals surface area contributed by atoms with E-state index in [-0.39, 0.29) is 23.2 Å². The molecule has 3 amide bonds. The first-order valence-corrected chi connectivity index (χ1v) is 10.9. The number of alkyl halides is 2. The maximum absolute atomic E-state index is 13.6. The molecule has 9 nitrogen and oxygen atoms in total. The third-order valence-electron chi connectivity index (χ3n) is 6.11. The normalized spacial score (nSPS) is 23.0. The van der Waals surface area contributed by atoms with Crippen molar-refractivity contribution in [1.82, 2.24) is 25.6 Å². The standard InChI is InChI=1S/C20H20Cl2F2N6O3/c1-10-12(16(31)26-11-2-3-13(21)14(22)6-11)4-5-30(10)18(33)17(32)27-19(8-20(23,24)9-19)15-7-25-29-28-15/h2-3,6-7,10,12H,4-5,8-9H2,1H3,(H,26,31)(H,27,32)(H,25,28,29)/t10-,12-/m0/s1. The smallest absolute Gasteiger partial charge is 0.312 e. The van der Waals surface area contributed by atoms with E-state index >= 15 is 0 Å². The number of aromatic amines is 1. The number of amides is 3. The van der Waals surface area contributed by atoms with Crippen LogP contribution in [0.3, 0.4) is 0 Å². The number of halogens is 4. The van der Waals surface area contributed by atoms with E-state index in [0.29, 0.717) is 17.1 Å². The molecule has 3 N–H and O–H groups in total. The van der Waals surface area contributed by atoms with E-state index in [1.54, 1.807) is 19.1 Å². The zero-order valence-electron chi connectivity index (χ0n) is 17.4. The molecule has 0 bridgehead atoms. The molecular weight excluding hydrogens is 481 g/mol. The Morgan fingerprint density at radius 1 is 1.21 bits per heavy atom. The van der Waals surface area contributed by atoms with Crippen molar-refractivity contribution in [2.45, 2.75) is 43.7 Å². The van der Waals surface area contributed by atoms with Gasteiger partial charge in [-0.1, -0.05) is 28.4 Å². The molecule has 2 aromatic rings.